The van der Waals surface area contributed by atoms with Crippen molar-refractivity contribution >= 4 is 33.6 Å². The minimum atomic E-state index is -0.249. The number of ketones is 2. The molecule has 0 aromatic heterocycles. The molecule has 0 aliphatic rings. The third kappa shape index (κ3) is 3.52. The van der Waals surface area contributed by atoms with Crippen LogP contribution < -0.4 is 0 Å². The highest BCUT2D eigenvalue weighted by Crippen LogP contribution is 2.16. The van der Waals surface area contributed by atoms with Crippen LogP contribution in [-0.2, 0) is 4.79 Å². The van der Waals surface area contributed by atoms with E-state index in [4.69, 9.17) is 0 Å². The van der Waals surface area contributed by atoms with Crippen molar-refractivity contribution < 1.29 is 9.59 Å². The maximum absolute atomic E-state index is 12.4. The largest absolute Gasteiger partial charge is 0.294 e. The molecule has 0 atom stereocenters. The van der Waals surface area contributed by atoms with Crippen LogP contribution in [0.15, 0.2) is 64.6 Å². The summed E-state index contributed by atoms with van der Waals surface area (Å²) in [5, 5.41) is 0. The van der Waals surface area contributed by atoms with Crippen molar-refractivity contribution in [1.29, 1.82) is 0 Å². The van der Waals surface area contributed by atoms with Crippen LogP contribution in [0.3, 0.4) is 0 Å². The summed E-state index contributed by atoms with van der Waals surface area (Å²) in [6.07, 6.45) is 1.63. The van der Waals surface area contributed by atoms with Crippen molar-refractivity contribution in [2.24, 2.45) is 0 Å². The van der Waals surface area contributed by atoms with Crippen LogP contribution in [0.1, 0.15) is 22.8 Å². The zero-order valence-corrected chi connectivity index (χ0v) is 12.6. The molecule has 0 saturated carbocycles. The molecule has 0 aliphatic heterocycles. The van der Waals surface area contributed by atoms with Crippen molar-refractivity contribution in [3.8, 4) is 0 Å². The van der Waals surface area contributed by atoms with E-state index in [1.165, 1.54) is 6.92 Å². The van der Waals surface area contributed by atoms with Crippen LogP contribution in [0, 0.1) is 0 Å². The number of halogens is 1. The van der Waals surface area contributed by atoms with E-state index in [1.807, 2.05) is 30.3 Å². The molecule has 0 bridgehead atoms. The van der Waals surface area contributed by atoms with E-state index in [-0.39, 0.29) is 17.1 Å². The Morgan fingerprint density at radius 2 is 1.55 bits per heavy atom. The first-order valence-corrected chi connectivity index (χ1v) is 6.95. The molecule has 2 nitrogen and oxygen atoms in total. The predicted molar refractivity (Wildman–Crippen MR) is 83.6 cm³/mol. The minimum absolute atomic E-state index is 0.193. The van der Waals surface area contributed by atoms with Gasteiger partial charge in [0.25, 0.3) is 0 Å². The average molecular weight is 329 g/mol. The molecular formula is C17H13BrO2. The molecule has 0 N–H and O–H groups in total. The number of carbonyl (C=O) groups excluding carboxylic acids is 2. The van der Waals surface area contributed by atoms with Crippen molar-refractivity contribution in [3.63, 3.8) is 0 Å². The normalized spacial score (nSPS) is 11.2. The number of carbonyl (C=O) groups is 2. The minimum Gasteiger partial charge on any atom is -0.294 e. The third-order valence-electron chi connectivity index (χ3n) is 2.84. The Balaban J connectivity index is 2.39. The molecule has 0 unspecified atom stereocenters. The van der Waals surface area contributed by atoms with Gasteiger partial charge in [-0.25, -0.2) is 0 Å². The van der Waals surface area contributed by atoms with Crippen molar-refractivity contribution in [2.45, 2.75) is 6.92 Å². The molecule has 0 aliphatic carbocycles. The van der Waals surface area contributed by atoms with Crippen LogP contribution in [0.25, 0.3) is 6.08 Å². The molecule has 2 rings (SSSR count). The topological polar surface area (TPSA) is 34.1 Å². The Labute approximate surface area is 126 Å². The fourth-order valence-corrected chi connectivity index (χ4v) is 2.06. The van der Waals surface area contributed by atoms with Gasteiger partial charge in [-0.15, -0.1) is 0 Å². The molecule has 0 fully saturated rings. The van der Waals surface area contributed by atoms with Gasteiger partial charge in [-0.05, 0) is 30.7 Å². The van der Waals surface area contributed by atoms with E-state index in [0.717, 1.165) is 10.0 Å². The van der Waals surface area contributed by atoms with E-state index < -0.39 is 0 Å². The summed E-state index contributed by atoms with van der Waals surface area (Å²) >= 11 is 3.35. The first-order valence-electron chi connectivity index (χ1n) is 6.16. The predicted octanol–water partition coefficient (Wildman–Crippen LogP) is 4.30. The second kappa shape index (κ2) is 6.44. The first-order chi connectivity index (χ1) is 9.58. The fourth-order valence-electron chi connectivity index (χ4n) is 1.80. The average Bonchev–Trinajstić information content (AvgIpc) is 2.46. The van der Waals surface area contributed by atoms with E-state index in [2.05, 4.69) is 15.9 Å². The molecule has 0 radical (unpaired) electrons. The highest BCUT2D eigenvalue weighted by Gasteiger charge is 2.16. The van der Waals surface area contributed by atoms with E-state index in [9.17, 15) is 9.59 Å². The molecule has 0 spiro atoms. The fraction of sp³-hybridized carbons (Fsp3) is 0.0588. The van der Waals surface area contributed by atoms with E-state index in [1.54, 1.807) is 30.3 Å². The Morgan fingerprint density at radius 1 is 0.950 bits per heavy atom. The first kappa shape index (κ1) is 14.4. The zero-order chi connectivity index (χ0) is 14.5. The van der Waals surface area contributed by atoms with Gasteiger partial charge in [0.1, 0.15) is 0 Å². The summed E-state index contributed by atoms with van der Waals surface area (Å²) in [7, 11) is 0. The number of hydrogen-bond donors (Lipinski definition) is 0. The molecule has 0 saturated heterocycles. The van der Waals surface area contributed by atoms with Crippen LogP contribution in [-0.4, -0.2) is 11.6 Å². The summed E-state index contributed by atoms with van der Waals surface area (Å²) in [5.41, 5.74) is 1.53. The van der Waals surface area contributed by atoms with Crippen LogP contribution >= 0.6 is 15.9 Å². The monoisotopic (exact) mass is 328 g/mol. The van der Waals surface area contributed by atoms with Crippen LogP contribution in [0.2, 0.25) is 0 Å². The molecule has 100 valence electrons. The zero-order valence-electron chi connectivity index (χ0n) is 11.0. The highest BCUT2D eigenvalue weighted by atomic mass is 79.9. The summed E-state index contributed by atoms with van der Waals surface area (Å²) in [6.45, 7) is 1.41. The number of allylic oxidation sites excluding steroid dienone is 1. The SMILES string of the molecule is CC(=O)C(=Cc1ccc(Br)cc1)C(=O)c1ccccc1. The number of hydrogen-bond acceptors (Lipinski definition) is 2. The summed E-state index contributed by atoms with van der Waals surface area (Å²) < 4.78 is 0.952. The summed E-state index contributed by atoms with van der Waals surface area (Å²) in [4.78, 5) is 24.1. The third-order valence-corrected chi connectivity index (χ3v) is 3.37. The molecule has 2 aromatic rings. The maximum Gasteiger partial charge on any atom is 0.196 e. The number of rotatable bonds is 4. The van der Waals surface area contributed by atoms with Gasteiger partial charge in [0, 0.05) is 10.0 Å². The Morgan fingerprint density at radius 3 is 2.10 bits per heavy atom. The lowest BCUT2D eigenvalue weighted by Crippen LogP contribution is -2.10. The van der Waals surface area contributed by atoms with Gasteiger partial charge in [0.05, 0.1) is 5.57 Å². The second-order valence-corrected chi connectivity index (χ2v) is 5.28. The number of Topliss-reactive ketones (excluding diaryl/α,β-unsaturated/α-hetero) is 2. The molecular weight excluding hydrogens is 316 g/mol. The molecule has 0 heterocycles. The molecule has 0 amide bonds. The van der Waals surface area contributed by atoms with E-state index in [0.29, 0.717) is 5.56 Å². The van der Waals surface area contributed by atoms with Gasteiger partial charge in [-0.2, -0.15) is 0 Å². The lowest BCUT2D eigenvalue weighted by molar-refractivity contribution is -0.113. The lowest BCUT2D eigenvalue weighted by Gasteiger charge is -2.04. The van der Waals surface area contributed by atoms with Gasteiger partial charge in [-0.1, -0.05) is 58.4 Å². The van der Waals surface area contributed by atoms with Crippen molar-refractivity contribution in [1.82, 2.24) is 0 Å². The van der Waals surface area contributed by atoms with Gasteiger partial charge in [0.2, 0.25) is 0 Å². The van der Waals surface area contributed by atoms with E-state index >= 15 is 0 Å². The molecule has 3 heteroatoms. The highest BCUT2D eigenvalue weighted by molar-refractivity contribution is 9.10. The van der Waals surface area contributed by atoms with Gasteiger partial charge < -0.3 is 0 Å². The Kier molecular flexibility index (Phi) is 4.64. The van der Waals surface area contributed by atoms with Gasteiger partial charge in [-0.3, -0.25) is 9.59 Å². The quantitative estimate of drug-likeness (QED) is 0.363. The second-order valence-electron chi connectivity index (χ2n) is 4.36. The maximum atomic E-state index is 12.4. The molecule has 20 heavy (non-hydrogen) atoms. The van der Waals surface area contributed by atoms with Gasteiger partial charge >= 0.3 is 0 Å². The lowest BCUT2D eigenvalue weighted by atomic mass is 9.98. The Bertz CT molecular complexity index is 655. The van der Waals surface area contributed by atoms with Crippen molar-refractivity contribution in [2.75, 3.05) is 0 Å². The smallest absolute Gasteiger partial charge is 0.196 e. The summed E-state index contributed by atoms with van der Waals surface area (Å²) in [6, 6.07) is 16.3. The van der Waals surface area contributed by atoms with Gasteiger partial charge in [0.15, 0.2) is 11.6 Å². The van der Waals surface area contributed by atoms with Crippen LogP contribution in [0.4, 0.5) is 0 Å². The van der Waals surface area contributed by atoms with Crippen molar-refractivity contribution in [3.05, 3.63) is 75.8 Å². The Hall–Kier alpha value is -2.00. The standard InChI is InChI=1S/C17H13BrO2/c1-12(19)16(11-13-7-9-15(18)10-8-13)17(20)14-5-3-2-4-6-14/h2-11H,1H3. The summed E-state index contributed by atoms with van der Waals surface area (Å²) in [5.74, 6) is -0.484. The molecule has 2 aromatic carbocycles. The number of benzene rings is 2. The van der Waals surface area contributed by atoms with Crippen LogP contribution in [0.5, 0.6) is 0 Å².